The van der Waals surface area contributed by atoms with E-state index in [-0.39, 0.29) is 5.76 Å². The van der Waals surface area contributed by atoms with Crippen LogP contribution in [0.4, 0.5) is 0 Å². The quantitative estimate of drug-likeness (QED) is 0.603. The maximum Gasteiger partial charge on any atom is 0.191 e. The average molecular weight is 139 g/mol. The normalized spacial score (nSPS) is 9.80. The van der Waals surface area contributed by atoms with Crippen LogP contribution in [-0.2, 0) is 0 Å². The van der Waals surface area contributed by atoms with E-state index in [1.165, 1.54) is 0 Å². The second kappa shape index (κ2) is 2.17. The lowest BCUT2D eigenvalue weighted by atomic mass is 10.3. The Morgan fingerprint density at radius 3 is 2.40 bits per heavy atom. The van der Waals surface area contributed by atoms with Crippen LogP contribution in [0.5, 0.6) is 0 Å². The zero-order valence-corrected chi connectivity index (χ0v) is 6.01. The number of oxazole rings is 1. The largest absolute Gasteiger partial charge is 0.506 e. The summed E-state index contributed by atoms with van der Waals surface area (Å²) in [6.45, 7) is 6.79. The molecule has 0 radical (unpaired) electrons. The number of aryl methyl sites for hydroxylation is 2. The second-order valence-electron chi connectivity index (χ2n) is 2.08. The lowest BCUT2D eigenvalue weighted by Gasteiger charge is -1.88. The van der Waals surface area contributed by atoms with Crippen molar-refractivity contribution in [3.63, 3.8) is 0 Å². The van der Waals surface area contributed by atoms with Gasteiger partial charge in [0.25, 0.3) is 0 Å². The van der Waals surface area contributed by atoms with E-state index < -0.39 is 0 Å². The molecular formula is C7H9NO2. The number of aliphatic hydroxyl groups excluding tert-OH is 1. The Balaban J connectivity index is 3.15. The molecule has 1 rings (SSSR count). The molecule has 1 aromatic heterocycles. The highest BCUT2D eigenvalue weighted by atomic mass is 16.4. The third-order valence-corrected chi connectivity index (χ3v) is 1.18. The second-order valence-corrected chi connectivity index (χ2v) is 2.08. The predicted octanol–water partition coefficient (Wildman–Crippen LogP) is 1.82. The monoisotopic (exact) mass is 139 g/mol. The summed E-state index contributed by atoms with van der Waals surface area (Å²) in [6, 6.07) is 0. The molecule has 0 bridgehead atoms. The minimum Gasteiger partial charge on any atom is -0.506 e. The van der Waals surface area contributed by atoms with E-state index >= 15 is 0 Å². The van der Waals surface area contributed by atoms with Crippen molar-refractivity contribution >= 4 is 5.76 Å². The summed E-state index contributed by atoms with van der Waals surface area (Å²) in [5, 5.41) is 8.90. The summed E-state index contributed by atoms with van der Waals surface area (Å²) >= 11 is 0. The fourth-order valence-corrected chi connectivity index (χ4v) is 0.797. The maximum atomic E-state index is 8.90. The third kappa shape index (κ3) is 1.03. The number of hydrogen-bond acceptors (Lipinski definition) is 3. The lowest BCUT2D eigenvalue weighted by molar-refractivity contribution is 0.487. The molecule has 54 valence electrons. The van der Waals surface area contributed by atoms with Crippen LogP contribution in [0.1, 0.15) is 17.3 Å². The Bertz CT molecular complexity index is 263. The van der Waals surface area contributed by atoms with Gasteiger partial charge in [0.2, 0.25) is 0 Å². The Morgan fingerprint density at radius 1 is 1.60 bits per heavy atom. The number of rotatable bonds is 1. The number of aliphatic hydroxyl groups is 1. The van der Waals surface area contributed by atoms with Gasteiger partial charge in [-0.3, -0.25) is 0 Å². The van der Waals surface area contributed by atoms with Crippen molar-refractivity contribution in [1.82, 2.24) is 4.98 Å². The van der Waals surface area contributed by atoms with Crippen molar-refractivity contribution in [1.29, 1.82) is 0 Å². The van der Waals surface area contributed by atoms with Crippen molar-refractivity contribution < 1.29 is 9.52 Å². The fourth-order valence-electron chi connectivity index (χ4n) is 0.797. The summed E-state index contributed by atoms with van der Waals surface area (Å²) in [4.78, 5) is 3.89. The standard InChI is InChI=1S/C7H9NO2/c1-4(9)7-5(2)10-6(3)8-7/h9H,1H2,2-3H3. The van der Waals surface area contributed by atoms with E-state index in [0.717, 1.165) is 0 Å². The SMILES string of the molecule is C=C(O)c1nc(C)oc1C. The zero-order valence-electron chi connectivity index (χ0n) is 6.01. The molecule has 1 aromatic rings. The average Bonchev–Trinajstić information content (AvgIpc) is 2.10. The van der Waals surface area contributed by atoms with Gasteiger partial charge in [-0.05, 0) is 6.92 Å². The first-order chi connectivity index (χ1) is 4.61. The lowest BCUT2D eigenvalue weighted by Crippen LogP contribution is -1.82. The van der Waals surface area contributed by atoms with Crippen LogP contribution < -0.4 is 0 Å². The van der Waals surface area contributed by atoms with E-state index in [4.69, 9.17) is 9.52 Å². The van der Waals surface area contributed by atoms with Crippen molar-refractivity contribution in [3.05, 3.63) is 23.9 Å². The van der Waals surface area contributed by atoms with Gasteiger partial charge in [0.15, 0.2) is 5.89 Å². The van der Waals surface area contributed by atoms with Gasteiger partial charge in [0.05, 0.1) is 0 Å². The van der Waals surface area contributed by atoms with Crippen LogP contribution in [0.3, 0.4) is 0 Å². The summed E-state index contributed by atoms with van der Waals surface area (Å²) in [5.41, 5.74) is 0.442. The molecule has 0 atom stereocenters. The molecule has 1 heterocycles. The molecule has 3 nitrogen and oxygen atoms in total. The molecule has 0 aliphatic heterocycles. The highest BCUT2D eigenvalue weighted by molar-refractivity contribution is 5.53. The first kappa shape index (κ1) is 6.86. The van der Waals surface area contributed by atoms with Gasteiger partial charge in [0, 0.05) is 6.92 Å². The first-order valence-corrected chi connectivity index (χ1v) is 2.93. The molecule has 0 amide bonds. The Labute approximate surface area is 59.0 Å². The van der Waals surface area contributed by atoms with Crippen LogP contribution in [0, 0.1) is 13.8 Å². The summed E-state index contributed by atoms with van der Waals surface area (Å²) in [6.07, 6.45) is 0. The molecule has 1 N–H and O–H groups in total. The Morgan fingerprint density at radius 2 is 2.20 bits per heavy atom. The van der Waals surface area contributed by atoms with E-state index in [9.17, 15) is 0 Å². The Kier molecular flexibility index (Phi) is 1.49. The highest BCUT2D eigenvalue weighted by Gasteiger charge is 2.07. The summed E-state index contributed by atoms with van der Waals surface area (Å²) in [5.74, 6) is 1.10. The molecule has 0 aromatic carbocycles. The first-order valence-electron chi connectivity index (χ1n) is 2.93. The van der Waals surface area contributed by atoms with Gasteiger partial charge in [-0.15, -0.1) is 0 Å². The van der Waals surface area contributed by atoms with Crippen LogP contribution in [0.15, 0.2) is 11.0 Å². The smallest absolute Gasteiger partial charge is 0.191 e. The van der Waals surface area contributed by atoms with E-state index in [1.807, 2.05) is 0 Å². The number of aromatic nitrogens is 1. The molecule has 0 spiro atoms. The van der Waals surface area contributed by atoms with Crippen LogP contribution in [0.25, 0.3) is 5.76 Å². The van der Waals surface area contributed by atoms with E-state index in [1.54, 1.807) is 13.8 Å². The molecular weight excluding hydrogens is 130 g/mol. The van der Waals surface area contributed by atoms with E-state index in [0.29, 0.717) is 17.3 Å². The van der Waals surface area contributed by atoms with Crippen LogP contribution >= 0.6 is 0 Å². The molecule has 0 aliphatic carbocycles. The molecule has 10 heavy (non-hydrogen) atoms. The number of nitrogens with zero attached hydrogens (tertiary/aromatic N) is 1. The molecule has 0 fully saturated rings. The van der Waals surface area contributed by atoms with Gasteiger partial charge < -0.3 is 9.52 Å². The molecule has 0 saturated heterocycles. The van der Waals surface area contributed by atoms with Gasteiger partial charge >= 0.3 is 0 Å². The van der Waals surface area contributed by atoms with Gasteiger partial charge in [-0.1, -0.05) is 6.58 Å². The summed E-state index contributed by atoms with van der Waals surface area (Å²) in [7, 11) is 0. The fraction of sp³-hybridized carbons (Fsp3) is 0.286. The topological polar surface area (TPSA) is 46.3 Å². The number of hydrogen-bond donors (Lipinski definition) is 1. The minimum atomic E-state index is -0.0469. The van der Waals surface area contributed by atoms with Crippen LogP contribution in [0.2, 0.25) is 0 Å². The van der Waals surface area contributed by atoms with E-state index in [2.05, 4.69) is 11.6 Å². The van der Waals surface area contributed by atoms with Gasteiger partial charge in [-0.2, -0.15) is 0 Å². The van der Waals surface area contributed by atoms with Gasteiger partial charge in [0.1, 0.15) is 17.2 Å². The van der Waals surface area contributed by atoms with Crippen molar-refractivity contribution in [2.75, 3.05) is 0 Å². The third-order valence-electron chi connectivity index (χ3n) is 1.18. The molecule has 0 unspecified atom stereocenters. The minimum absolute atomic E-state index is 0.0469. The molecule has 3 heteroatoms. The van der Waals surface area contributed by atoms with Crippen molar-refractivity contribution in [3.8, 4) is 0 Å². The van der Waals surface area contributed by atoms with Gasteiger partial charge in [-0.25, -0.2) is 4.98 Å². The van der Waals surface area contributed by atoms with Crippen molar-refractivity contribution in [2.45, 2.75) is 13.8 Å². The molecule has 0 aliphatic rings. The Hall–Kier alpha value is -1.25. The van der Waals surface area contributed by atoms with Crippen LogP contribution in [-0.4, -0.2) is 10.1 Å². The maximum absolute atomic E-state index is 8.90. The molecule has 0 saturated carbocycles. The highest BCUT2D eigenvalue weighted by Crippen LogP contribution is 2.14. The summed E-state index contributed by atoms with van der Waals surface area (Å²) < 4.78 is 5.04. The predicted molar refractivity (Wildman–Crippen MR) is 37.6 cm³/mol. The van der Waals surface area contributed by atoms with Crippen molar-refractivity contribution in [2.24, 2.45) is 0 Å². The zero-order chi connectivity index (χ0) is 7.72.